The van der Waals surface area contributed by atoms with E-state index >= 15 is 0 Å². The molecule has 3 aliphatic heterocycles. The van der Waals surface area contributed by atoms with Gasteiger partial charge in [0.05, 0.1) is 24.9 Å². The zero-order valence-corrected chi connectivity index (χ0v) is 16.2. The summed E-state index contributed by atoms with van der Waals surface area (Å²) >= 11 is 0. The van der Waals surface area contributed by atoms with E-state index in [4.69, 9.17) is 10.00 Å². The second-order valence-corrected chi connectivity index (χ2v) is 9.08. The third-order valence-corrected chi connectivity index (χ3v) is 7.65. The first kappa shape index (κ1) is 18.7. The van der Waals surface area contributed by atoms with Crippen LogP contribution in [0, 0.1) is 11.5 Å². The maximum Gasteiger partial charge on any atom is 0.179 e. The van der Waals surface area contributed by atoms with Crippen LogP contribution < -0.4 is 9.21 Å². The van der Waals surface area contributed by atoms with Crippen LogP contribution in [0.25, 0.3) is 0 Å². The maximum absolute atomic E-state index is 11.1. The Morgan fingerprint density at radius 1 is 1.07 bits per heavy atom. The van der Waals surface area contributed by atoms with E-state index in [1.54, 1.807) is 9.21 Å². The van der Waals surface area contributed by atoms with Crippen LogP contribution in [0.3, 0.4) is 0 Å². The lowest BCUT2D eigenvalue weighted by Gasteiger charge is -2.55. The van der Waals surface area contributed by atoms with Gasteiger partial charge in [0.2, 0.25) is 0 Å². The number of nitriles is 1. The normalized spacial score (nSPS) is 27.4. The van der Waals surface area contributed by atoms with Gasteiger partial charge in [-0.25, -0.2) is 0 Å². The highest BCUT2D eigenvalue weighted by molar-refractivity contribution is 8.23. The summed E-state index contributed by atoms with van der Waals surface area (Å²) in [4.78, 5) is 3.96. The van der Waals surface area contributed by atoms with Gasteiger partial charge in [0.25, 0.3) is 0 Å². The Bertz CT molecular complexity index is 706. The molecule has 0 bridgehead atoms. The molecule has 0 amide bonds. The first-order valence-electron chi connectivity index (χ1n) is 9.50. The second kappa shape index (κ2) is 7.73. The van der Waals surface area contributed by atoms with Crippen molar-refractivity contribution >= 4 is 22.3 Å². The lowest BCUT2D eigenvalue weighted by molar-refractivity contribution is 0.122. The van der Waals surface area contributed by atoms with Crippen molar-refractivity contribution in [3.63, 3.8) is 0 Å². The van der Waals surface area contributed by atoms with Gasteiger partial charge in [-0.15, -0.1) is 0 Å². The van der Waals surface area contributed by atoms with E-state index < -0.39 is 11.0 Å². The van der Waals surface area contributed by atoms with Gasteiger partial charge in [-0.3, -0.25) is 13.4 Å². The van der Waals surface area contributed by atoms with Crippen LogP contribution in [0.5, 0.6) is 0 Å². The maximum atomic E-state index is 11.1. The molecule has 0 unspecified atom stereocenters. The zero-order valence-electron chi connectivity index (χ0n) is 15.4. The number of benzene rings is 1. The highest BCUT2D eigenvalue weighted by Crippen LogP contribution is 2.54. The smallest absolute Gasteiger partial charge is 0.179 e. The molecule has 0 aliphatic carbocycles. The lowest BCUT2D eigenvalue weighted by Crippen LogP contribution is -2.50. The molecule has 0 saturated carbocycles. The van der Waals surface area contributed by atoms with E-state index in [-0.39, 0.29) is 6.04 Å². The molecule has 3 saturated heterocycles. The molecule has 1 aromatic rings. The van der Waals surface area contributed by atoms with Crippen LogP contribution in [0.4, 0.5) is 11.4 Å². The first-order chi connectivity index (χ1) is 13.1. The Balaban J connectivity index is 1.55. The van der Waals surface area contributed by atoms with E-state index in [0.29, 0.717) is 39.4 Å². The van der Waals surface area contributed by atoms with E-state index in [9.17, 15) is 9.11 Å². The monoisotopic (exact) mass is 393 g/mol. The summed E-state index contributed by atoms with van der Waals surface area (Å²) < 4.78 is 31.2. The first-order valence-corrected chi connectivity index (χ1v) is 11.0. The summed E-state index contributed by atoms with van der Waals surface area (Å²) in [7, 11) is -3.09. The van der Waals surface area contributed by atoms with Crippen LogP contribution in [-0.2, 0) is 4.74 Å². The standard InChI is InChI=1S/C18H27N5O3S/c19-15-20-8-5-18(14-20)23-7-2-6-22(27(23,24)25)17-4-1-3-16(13-17)21-9-11-26-12-10-21/h1,3-4,13,18,24-25H,2,5-12,14H2/t18-/m1/s1. The van der Waals surface area contributed by atoms with Crippen LogP contribution in [0.1, 0.15) is 12.8 Å². The van der Waals surface area contributed by atoms with Gasteiger partial charge in [0.15, 0.2) is 6.19 Å². The van der Waals surface area contributed by atoms with Crippen LogP contribution in [0.2, 0.25) is 0 Å². The fourth-order valence-corrected chi connectivity index (χ4v) is 6.10. The highest BCUT2D eigenvalue weighted by Gasteiger charge is 2.41. The molecule has 0 radical (unpaired) electrons. The number of rotatable bonds is 3. The zero-order chi connectivity index (χ0) is 18.9. The predicted molar refractivity (Wildman–Crippen MR) is 107 cm³/mol. The van der Waals surface area contributed by atoms with Crippen LogP contribution in [-0.4, -0.2) is 76.8 Å². The van der Waals surface area contributed by atoms with Gasteiger partial charge in [-0.05, 0) is 31.0 Å². The minimum Gasteiger partial charge on any atom is -0.378 e. The fourth-order valence-electron chi connectivity index (χ4n) is 4.13. The third kappa shape index (κ3) is 3.68. The topological polar surface area (TPSA) is 86.4 Å². The van der Waals surface area contributed by atoms with Gasteiger partial charge in [0, 0.05) is 45.0 Å². The van der Waals surface area contributed by atoms with Gasteiger partial charge < -0.3 is 14.5 Å². The minimum atomic E-state index is -3.09. The Morgan fingerprint density at radius 2 is 1.85 bits per heavy atom. The Morgan fingerprint density at radius 3 is 2.59 bits per heavy atom. The van der Waals surface area contributed by atoms with Crippen molar-refractivity contribution in [3.8, 4) is 6.19 Å². The summed E-state index contributed by atoms with van der Waals surface area (Å²) in [5.41, 5.74) is 1.92. The molecule has 1 atom stereocenters. The van der Waals surface area contributed by atoms with E-state index in [0.717, 1.165) is 37.3 Å². The van der Waals surface area contributed by atoms with Crippen molar-refractivity contribution in [3.05, 3.63) is 24.3 Å². The molecule has 0 spiro atoms. The van der Waals surface area contributed by atoms with Crippen molar-refractivity contribution in [2.75, 3.05) is 61.7 Å². The lowest BCUT2D eigenvalue weighted by atomic mass is 10.2. The molecular weight excluding hydrogens is 366 g/mol. The number of anilines is 2. The summed E-state index contributed by atoms with van der Waals surface area (Å²) in [6.45, 7) is 5.62. The molecule has 3 fully saturated rings. The molecule has 4 rings (SSSR count). The molecular formula is C18H27N5O3S. The highest BCUT2D eigenvalue weighted by atomic mass is 32.3. The fraction of sp³-hybridized carbons (Fsp3) is 0.611. The molecule has 2 N–H and O–H groups in total. The van der Waals surface area contributed by atoms with Crippen molar-refractivity contribution in [2.45, 2.75) is 18.9 Å². The number of ether oxygens (including phenoxy) is 1. The van der Waals surface area contributed by atoms with Gasteiger partial charge in [-0.1, -0.05) is 17.0 Å². The molecule has 27 heavy (non-hydrogen) atoms. The number of nitrogens with zero attached hydrogens (tertiary/aromatic N) is 5. The molecule has 0 aromatic heterocycles. The van der Waals surface area contributed by atoms with Crippen LogP contribution in [0.15, 0.2) is 24.3 Å². The second-order valence-electron chi connectivity index (χ2n) is 7.19. The van der Waals surface area contributed by atoms with E-state index in [2.05, 4.69) is 17.2 Å². The summed E-state index contributed by atoms with van der Waals surface area (Å²) in [6, 6.07) is 8.02. The number of likely N-dealkylation sites (tertiary alicyclic amines) is 1. The average Bonchev–Trinajstić information content (AvgIpc) is 3.17. The van der Waals surface area contributed by atoms with Gasteiger partial charge in [0.1, 0.15) is 0 Å². The average molecular weight is 394 g/mol. The predicted octanol–water partition coefficient (Wildman–Crippen LogP) is 2.17. The van der Waals surface area contributed by atoms with E-state index in [1.807, 2.05) is 22.5 Å². The Labute approximate surface area is 162 Å². The largest absolute Gasteiger partial charge is 0.378 e. The molecule has 148 valence electrons. The molecule has 3 heterocycles. The summed E-state index contributed by atoms with van der Waals surface area (Å²) in [6.07, 6.45) is 3.81. The van der Waals surface area contributed by atoms with Crippen LogP contribution >= 0.6 is 11.0 Å². The van der Waals surface area contributed by atoms with Gasteiger partial charge >= 0.3 is 0 Å². The minimum absolute atomic E-state index is 0.000115. The van der Waals surface area contributed by atoms with Gasteiger partial charge in [-0.2, -0.15) is 9.57 Å². The number of hydrogen-bond acceptors (Lipinski definition) is 8. The number of morpholine rings is 1. The van der Waals surface area contributed by atoms with Crippen molar-refractivity contribution < 1.29 is 13.8 Å². The Hall–Kier alpha value is -1.70. The summed E-state index contributed by atoms with van der Waals surface area (Å²) in [5, 5.41) is 9.11. The molecule has 1 aromatic carbocycles. The van der Waals surface area contributed by atoms with E-state index in [1.165, 1.54) is 0 Å². The summed E-state index contributed by atoms with van der Waals surface area (Å²) in [5.74, 6) is 0. The SMILES string of the molecule is N#CN1CC[C@@H](N2CCCN(c3cccc(N4CCOCC4)c3)S2(O)O)C1. The third-order valence-electron chi connectivity index (χ3n) is 5.56. The Kier molecular flexibility index (Phi) is 5.34. The molecule has 3 aliphatic rings. The number of hydrogen-bond donors (Lipinski definition) is 2. The quantitative estimate of drug-likeness (QED) is 0.756. The van der Waals surface area contributed by atoms with Crippen molar-refractivity contribution in [1.82, 2.24) is 9.21 Å². The molecule has 9 heteroatoms. The van der Waals surface area contributed by atoms with Crippen molar-refractivity contribution in [2.24, 2.45) is 0 Å². The van der Waals surface area contributed by atoms with Crippen molar-refractivity contribution in [1.29, 1.82) is 5.26 Å². The molecule has 8 nitrogen and oxygen atoms in total.